The zero-order chi connectivity index (χ0) is 10.5. The zero-order valence-electron chi connectivity index (χ0n) is 9.35. The molecule has 4 rings (SSSR count). The van der Waals surface area contributed by atoms with Gasteiger partial charge in [0, 0.05) is 23.5 Å². The van der Waals surface area contributed by atoms with Crippen molar-refractivity contribution in [1.82, 2.24) is 9.36 Å². The van der Waals surface area contributed by atoms with Gasteiger partial charge in [-0.1, -0.05) is 6.42 Å². The highest BCUT2D eigenvalue weighted by Crippen LogP contribution is 2.52. The summed E-state index contributed by atoms with van der Waals surface area (Å²) < 4.78 is 4.57. The molecule has 3 unspecified atom stereocenters. The van der Waals surface area contributed by atoms with Crippen LogP contribution in [0.4, 0.5) is 5.13 Å². The quantitative estimate of drug-likeness (QED) is 0.875. The second-order valence-electron chi connectivity index (χ2n) is 5.66. The fourth-order valence-electron chi connectivity index (χ4n) is 3.41. The smallest absolute Gasteiger partial charge is 0.202 e. The Kier molecular flexibility index (Phi) is 2.01. The van der Waals surface area contributed by atoms with Crippen LogP contribution in [0.3, 0.4) is 0 Å². The van der Waals surface area contributed by atoms with Gasteiger partial charge in [0.1, 0.15) is 5.82 Å². The molecule has 1 heterocycles. The minimum absolute atomic E-state index is 0.685. The third-order valence-electron chi connectivity index (χ3n) is 4.42. The van der Waals surface area contributed by atoms with Gasteiger partial charge >= 0.3 is 0 Å². The van der Waals surface area contributed by atoms with Crippen LogP contribution in [0.25, 0.3) is 0 Å². The van der Waals surface area contributed by atoms with Gasteiger partial charge < -0.3 is 5.32 Å². The lowest BCUT2D eigenvalue weighted by molar-refractivity contribution is 0.408. The van der Waals surface area contributed by atoms with Crippen molar-refractivity contribution in [1.29, 1.82) is 0 Å². The monoisotopic (exact) mass is 235 g/mol. The molecule has 0 saturated heterocycles. The lowest BCUT2D eigenvalue weighted by Gasteiger charge is -2.18. The van der Waals surface area contributed by atoms with E-state index in [1.165, 1.54) is 38.5 Å². The van der Waals surface area contributed by atoms with E-state index in [0.717, 1.165) is 22.8 Å². The van der Waals surface area contributed by atoms with Gasteiger partial charge in [0.15, 0.2) is 0 Å². The van der Waals surface area contributed by atoms with Crippen LogP contribution in [0.5, 0.6) is 0 Å². The first-order valence-electron chi connectivity index (χ1n) is 6.48. The lowest BCUT2D eigenvalue weighted by atomic mass is 9.88. The van der Waals surface area contributed by atoms with Gasteiger partial charge in [-0.05, 0) is 43.9 Å². The maximum absolute atomic E-state index is 4.69. The van der Waals surface area contributed by atoms with Crippen LogP contribution in [0.2, 0.25) is 0 Å². The van der Waals surface area contributed by atoms with Crippen molar-refractivity contribution in [2.24, 2.45) is 11.8 Å². The Balaban J connectivity index is 1.51. The molecule has 0 spiro atoms. The predicted octanol–water partition coefficient (Wildman–Crippen LogP) is 3.02. The van der Waals surface area contributed by atoms with Crippen molar-refractivity contribution < 1.29 is 0 Å². The van der Waals surface area contributed by atoms with Crippen molar-refractivity contribution in [3.05, 3.63) is 5.82 Å². The third-order valence-corrected chi connectivity index (χ3v) is 5.08. The number of anilines is 1. The summed E-state index contributed by atoms with van der Waals surface area (Å²) in [6.45, 7) is 0. The molecule has 1 aromatic rings. The topological polar surface area (TPSA) is 37.8 Å². The Labute approximate surface area is 99.8 Å². The summed E-state index contributed by atoms with van der Waals surface area (Å²) in [5.41, 5.74) is 0. The average molecular weight is 235 g/mol. The Morgan fingerprint density at radius 3 is 2.75 bits per heavy atom. The molecule has 0 amide bonds. The molecule has 16 heavy (non-hydrogen) atoms. The highest BCUT2D eigenvalue weighted by atomic mass is 32.1. The molecule has 0 aliphatic heterocycles. The van der Waals surface area contributed by atoms with Gasteiger partial charge in [-0.3, -0.25) is 0 Å². The summed E-state index contributed by atoms with van der Waals surface area (Å²) in [5, 5.41) is 4.50. The second-order valence-corrected chi connectivity index (χ2v) is 6.41. The van der Waals surface area contributed by atoms with Crippen LogP contribution >= 0.6 is 11.5 Å². The van der Waals surface area contributed by atoms with Crippen molar-refractivity contribution >= 4 is 16.7 Å². The largest absolute Gasteiger partial charge is 0.358 e. The van der Waals surface area contributed by atoms with Crippen LogP contribution < -0.4 is 5.32 Å². The number of aromatic nitrogens is 2. The number of hydrogen-bond donors (Lipinski definition) is 1. The van der Waals surface area contributed by atoms with E-state index in [-0.39, 0.29) is 0 Å². The Morgan fingerprint density at radius 2 is 2.06 bits per heavy atom. The SMILES string of the molecule is C1CC2CC1CC2c1nsc(NC2CC2)n1. The van der Waals surface area contributed by atoms with E-state index in [1.807, 2.05) is 0 Å². The molecule has 3 saturated carbocycles. The van der Waals surface area contributed by atoms with Gasteiger partial charge in [0.25, 0.3) is 0 Å². The molecule has 3 atom stereocenters. The summed E-state index contributed by atoms with van der Waals surface area (Å²) in [6.07, 6.45) is 8.28. The van der Waals surface area contributed by atoms with Crippen molar-refractivity contribution in [2.45, 2.75) is 50.5 Å². The van der Waals surface area contributed by atoms with E-state index >= 15 is 0 Å². The number of hydrogen-bond acceptors (Lipinski definition) is 4. The molecule has 4 heteroatoms. The van der Waals surface area contributed by atoms with Crippen molar-refractivity contribution in [3.63, 3.8) is 0 Å². The van der Waals surface area contributed by atoms with Crippen LogP contribution in [-0.4, -0.2) is 15.4 Å². The Morgan fingerprint density at radius 1 is 1.12 bits per heavy atom. The summed E-state index contributed by atoms with van der Waals surface area (Å²) in [4.78, 5) is 4.69. The molecule has 3 fully saturated rings. The fourth-order valence-corrected chi connectivity index (χ4v) is 4.12. The molecule has 86 valence electrons. The minimum atomic E-state index is 0.685. The molecular weight excluding hydrogens is 218 g/mol. The first-order valence-corrected chi connectivity index (χ1v) is 7.26. The number of nitrogens with zero attached hydrogens (tertiary/aromatic N) is 2. The van der Waals surface area contributed by atoms with E-state index in [4.69, 9.17) is 0 Å². The van der Waals surface area contributed by atoms with Gasteiger partial charge in [-0.15, -0.1) is 0 Å². The molecule has 1 N–H and O–H groups in total. The van der Waals surface area contributed by atoms with Gasteiger partial charge in [-0.2, -0.15) is 4.37 Å². The maximum Gasteiger partial charge on any atom is 0.202 e. The summed E-state index contributed by atoms with van der Waals surface area (Å²) in [6, 6.07) is 0.695. The first-order chi connectivity index (χ1) is 7.88. The second kappa shape index (κ2) is 3.42. The summed E-state index contributed by atoms with van der Waals surface area (Å²) in [5.74, 6) is 3.71. The Bertz CT molecular complexity index is 399. The van der Waals surface area contributed by atoms with Gasteiger partial charge in [0.05, 0.1) is 0 Å². The molecule has 2 bridgehead atoms. The van der Waals surface area contributed by atoms with E-state index in [0.29, 0.717) is 12.0 Å². The average Bonchev–Trinajstić information content (AvgIpc) is 2.74. The van der Waals surface area contributed by atoms with Crippen molar-refractivity contribution in [3.8, 4) is 0 Å². The first kappa shape index (κ1) is 9.40. The molecular formula is C12H17N3S. The fraction of sp³-hybridized carbons (Fsp3) is 0.833. The van der Waals surface area contributed by atoms with E-state index < -0.39 is 0 Å². The van der Waals surface area contributed by atoms with Crippen LogP contribution in [0, 0.1) is 11.8 Å². The number of rotatable bonds is 3. The highest BCUT2D eigenvalue weighted by Gasteiger charge is 2.42. The highest BCUT2D eigenvalue weighted by molar-refractivity contribution is 7.09. The molecule has 3 aliphatic rings. The van der Waals surface area contributed by atoms with Crippen molar-refractivity contribution in [2.75, 3.05) is 5.32 Å². The van der Waals surface area contributed by atoms with Crippen LogP contribution in [-0.2, 0) is 0 Å². The third kappa shape index (κ3) is 1.54. The normalized spacial score (nSPS) is 36.9. The molecule has 0 aromatic carbocycles. The summed E-state index contributed by atoms with van der Waals surface area (Å²) in [7, 11) is 0. The number of nitrogens with one attached hydrogen (secondary N) is 1. The van der Waals surface area contributed by atoms with E-state index in [2.05, 4.69) is 14.7 Å². The minimum Gasteiger partial charge on any atom is -0.358 e. The standard InChI is InChI=1S/C12H17N3S/c1-2-8-5-7(1)6-10(8)11-14-12(16-15-11)13-9-3-4-9/h7-10H,1-6H2,(H,13,14,15). The zero-order valence-corrected chi connectivity index (χ0v) is 10.2. The Hall–Kier alpha value is -0.640. The lowest BCUT2D eigenvalue weighted by Crippen LogP contribution is -2.10. The van der Waals surface area contributed by atoms with Crippen LogP contribution in [0.15, 0.2) is 0 Å². The maximum atomic E-state index is 4.69. The van der Waals surface area contributed by atoms with Crippen LogP contribution in [0.1, 0.15) is 50.3 Å². The molecule has 3 nitrogen and oxygen atoms in total. The van der Waals surface area contributed by atoms with Gasteiger partial charge in [-0.25, -0.2) is 4.98 Å². The summed E-state index contributed by atoms with van der Waals surface area (Å²) >= 11 is 1.56. The molecule has 0 radical (unpaired) electrons. The molecule has 3 aliphatic carbocycles. The van der Waals surface area contributed by atoms with E-state index in [9.17, 15) is 0 Å². The van der Waals surface area contributed by atoms with Gasteiger partial charge in [0.2, 0.25) is 5.13 Å². The predicted molar refractivity (Wildman–Crippen MR) is 64.7 cm³/mol. The number of fused-ring (bicyclic) bond motifs is 2. The molecule has 1 aromatic heterocycles. The van der Waals surface area contributed by atoms with E-state index in [1.54, 1.807) is 11.5 Å².